The normalized spacial score (nSPS) is 10.4. The third kappa shape index (κ3) is 1.92. The number of aromatic nitrogens is 2. The fraction of sp³-hybridized carbons (Fsp3) is 0.0909. The first-order chi connectivity index (χ1) is 7.58. The van der Waals surface area contributed by atoms with Crippen LogP contribution in [0, 0.1) is 6.92 Å². The minimum absolute atomic E-state index is 0.0225. The standard InChI is InChI=1S/C11H9ClN2O2/c1-7-4-8(12)2-3-10(7)14-5-9(11(15)16)13-6-14/h2-6H,1H3,(H,15,16). The van der Waals surface area contributed by atoms with Crippen LogP contribution in [0.2, 0.25) is 5.02 Å². The molecule has 16 heavy (non-hydrogen) atoms. The summed E-state index contributed by atoms with van der Waals surface area (Å²) in [6, 6.07) is 5.40. The van der Waals surface area contributed by atoms with Crippen molar-refractivity contribution in [1.29, 1.82) is 0 Å². The van der Waals surface area contributed by atoms with Gasteiger partial charge in [0.15, 0.2) is 5.69 Å². The lowest BCUT2D eigenvalue weighted by molar-refractivity contribution is 0.0691. The van der Waals surface area contributed by atoms with E-state index in [4.69, 9.17) is 16.7 Å². The van der Waals surface area contributed by atoms with E-state index in [1.807, 2.05) is 19.1 Å². The molecule has 0 saturated heterocycles. The Bertz CT molecular complexity index is 549. The third-order valence-corrected chi connectivity index (χ3v) is 2.47. The van der Waals surface area contributed by atoms with Crippen LogP contribution in [0.5, 0.6) is 0 Å². The van der Waals surface area contributed by atoms with Crippen LogP contribution in [0.25, 0.3) is 5.69 Å². The Morgan fingerprint density at radius 3 is 2.81 bits per heavy atom. The first-order valence-electron chi connectivity index (χ1n) is 4.62. The van der Waals surface area contributed by atoms with Crippen molar-refractivity contribution in [2.45, 2.75) is 6.92 Å². The second-order valence-corrected chi connectivity index (χ2v) is 3.84. The quantitative estimate of drug-likeness (QED) is 0.872. The van der Waals surface area contributed by atoms with Gasteiger partial charge < -0.3 is 9.67 Å². The molecule has 2 rings (SSSR count). The summed E-state index contributed by atoms with van der Waals surface area (Å²) >= 11 is 5.84. The summed E-state index contributed by atoms with van der Waals surface area (Å²) in [4.78, 5) is 14.5. The average molecular weight is 237 g/mol. The van der Waals surface area contributed by atoms with Crippen LogP contribution in [-0.2, 0) is 0 Å². The van der Waals surface area contributed by atoms with Crippen molar-refractivity contribution in [2.75, 3.05) is 0 Å². The summed E-state index contributed by atoms with van der Waals surface area (Å²) in [7, 11) is 0. The molecule has 4 nitrogen and oxygen atoms in total. The molecule has 1 heterocycles. The Labute approximate surface area is 97.1 Å². The van der Waals surface area contributed by atoms with Crippen molar-refractivity contribution in [3.05, 3.63) is 47.0 Å². The molecule has 1 aromatic heterocycles. The van der Waals surface area contributed by atoms with Crippen LogP contribution >= 0.6 is 11.6 Å². The van der Waals surface area contributed by atoms with E-state index in [0.29, 0.717) is 5.02 Å². The molecule has 0 amide bonds. The molecule has 5 heteroatoms. The molecule has 0 aliphatic heterocycles. The van der Waals surface area contributed by atoms with Crippen molar-refractivity contribution in [2.24, 2.45) is 0 Å². The number of nitrogens with zero attached hydrogens (tertiary/aromatic N) is 2. The highest BCUT2D eigenvalue weighted by atomic mass is 35.5. The van der Waals surface area contributed by atoms with Crippen LogP contribution in [0.4, 0.5) is 0 Å². The minimum atomic E-state index is -1.04. The second-order valence-electron chi connectivity index (χ2n) is 3.40. The highest BCUT2D eigenvalue weighted by molar-refractivity contribution is 6.30. The van der Waals surface area contributed by atoms with Crippen molar-refractivity contribution in [1.82, 2.24) is 9.55 Å². The molecular weight excluding hydrogens is 228 g/mol. The van der Waals surface area contributed by atoms with Gasteiger partial charge in [0.1, 0.15) is 6.33 Å². The Hall–Kier alpha value is -1.81. The van der Waals surface area contributed by atoms with Crippen LogP contribution in [0.15, 0.2) is 30.7 Å². The molecule has 0 saturated carbocycles. The van der Waals surface area contributed by atoms with E-state index in [-0.39, 0.29) is 5.69 Å². The van der Waals surface area contributed by atoms with Gasteiger partial charge in [-0.15, -0.1) is 0 Å². The van der Waals surface area contributed by atoms with E-state index in [1.165, 1.54) is 12.5 Å². The molecule has 0 aliphatic carbocycles. The largest absolute Gasteiger partial charge is 0.476 e. The van der Waals surface area contributed by atoms with Gasteiger partial charge in [-0.25, -0.2) is 9.78 Å². The van der Waals surface area contributed by atoms with Gasteiger partial charge >= 0.3 is 5.97 Å². The summed E-state index contributed by atoms with van der Waals surface area (Å²) in [6.45, 7) is 1.90. The van der Waals surface area contributed by atoms with Gasteiger partial charge in [0.2, 0.25) is 0 Å². The highest BCUT2D eigenvalue weighted by Gasteiger charge is 2.08. The van der Waals surface area contributed by atoms with Crippen molar-refractivity contribution >= 4 is 17.6 Å². The smallest absolute Gasteiger partial charge is 0.356 e. The second kappa shape index (κ2) is 3.98. The molecule has 2 aromatic rings. The number of imidazole rings is 1. The summed E-state index contributed by atoms with van der Waals surface area (Å²) < 4.78 is 1.66. The van der Waals surface area contributed by atoms with Crippen LogP contribution < -0.4 is 0 Å². The van der Waals surface area contributed by atoms with Crippen molar-refractivity contribution < 1.29 is 9.90 Å². The van der Waals surface area contributed by atoms with Gasteiger partial charge in [0, 0.05) is 16.9 Å². The Kier molecular flexibility index (Phi) is 2.66. The summed E-state index contributed by atoms with van der Waals surface area (Å²) in [6.07, 6.45) is 2.94. The molecule has 1 N–H and O–H groups in total. The van der Waals surface area contributed by atoms with E-state index in [0.717, 1.165) is 11.3 Å². The number of benzene rings is 1. The third-order valence-electron chi connectivity index (χ3n) is 2.24. The molecule has 0 atom stereocenters. The van der Waals surface area contributed by atoms with Crippen LogP contribution in [0.3, 0.4) is 0 Å². The van der Waals surface area contributed by atoms with Gasteiger partial charge in [-0.3, -0.25) is 0 Å². The average Bonchev–Trinajstić information content (AvgIpc) is 2.66. The molecule has 0 bridgehead atoms. The molecule has 0 fully saturated rings. The summed E-state index contributed by atoms with van der Waals surface area (Å²) in [5.41, 5.74) is 1.85. The Balaban J connectivity index is 2.46. The SMILES string of the molecule is Cc1cc(Cl)ccc1-n1cnc(C(=O)O)c1. The van der Waals surface area contributed by atoms with Crippen LogP contribution in [-0.4, -0.2) is 20.6 Å². The van der Waals surface area contributed by atoms with Gasteiger partial charge in [-0.05, 0) is 30.7 Å². The number of hydrogen-bond acceptors (Lipinski definition) is 2. The van der Waals surface area contributed by atoms with Gasteiger partial charge in [-0.1, -0.05) is 11.6 Å². The van der Waals surface area contributed by atoms with Gasteiger partial charge in [0.05, 0.1) is 0 Å². The monoisotopic (exact) mass is 236 g/mol. The number of halogens is 1. The lowest BCUT2D eigenvalue weighted by atomic mass is 10.2. The number of carboxylic acid groups (broad SMARTS) is 1. The lowest BCUT2D eigenvalue weighted by Gasteiger charge is -2.06. The highest BCUT2D eigenvalue weighted by Crippen LogP contribution is 2.19. The zero-order chi connectivity index (χ0) is 11.7. The number of hydrogen-bond donors (Lipinski definition) is 1. The number of aryl methyl sites for hydroxylation is 1. The molecule has 0 unspecified atom stereocenters. The lowest BCUT2D eigenvalue weighted by Crippen LogP contribution is -1.96. The van der Waals surface area contributed by atoms with E-state index < -0.39 is 5.97 Å². The molecule has 0 radical (unpaired) electrons. The predicted octanol–water partition coefficient (Wildman–Crippen LogP) is 2.53. The minimum Gasteiger partial charge on any atom is -0.476 e. The first-order valence-corrected chi connectivity index (χ1v) is 4.99. The predicted molar refractivity (Wildman–Crippen MR) is 60.3 cm³/mol. The van der Waals surface area contributed by atoms with Crippen molar-refractivity contribution in [3.8, 4) is 5.69 Å². The number of carbonyl (C=O) groups is 1. The van der Waals surface area contributed by atoms with Gasteiger partial charge in [-0.2, -0.15) is 0 Å². The van der Waals surface area contributed by atoms with E-state index in [2.05, 4.69) is 4.98 Å². The number of rotatable bonds is 2. The molecule has 0 spiro atoms. The first kappa shape index (κ1) is 10.7. The zero-order valence-electron chi connectivity index (χ0n) is 8.51. The number of aromatic carboxylic acids is 1. The fourth-order valence-corrected chi connectivity index (χ4v) is 1.70. The molecule has 1 aromatic carbocycles. The van der Waals surface area contributed by atoms with Crippen molar-refractivity contribution in [3.63, 3.8) is 0 Å². The maximum Gasteiger partial charge on any atom is 0.356 e. The molecule has 82 valence electrons. The maximum atomic E-state index is 10.7. The number of carboxylic acids is 1. The summed E-state index contributed by atoms with van der Waals surface area (Å²) in [5.74, 6) is -1.04. The van der Waals surface area contributed by atoms with Crippen LogP contribution in [0.1, 0.15) is 16.1 Å². The van der Waals surface area contributed by atoms with Gasteiger partial charge in [0.25, 0.3) is 0 Å². The summed E-state index contributed by atoms with van der Waals surface area (Å²) in [5, 5.41) is 9.41. The Morgan fingerprint density at radius 1 is 1.50 bits per heavy atom. The van der Waals surface area contributed by atoms with E-state index >= 15 is 0 Å². The fourth-order valence-electron chi connectivity index (χ4n) is 1.47. The Morgan fingerprint density at radius 2 is 2.25 bits per heavy atom. The molecule has 0 aliphatic rings. The molecular formula is C11H9ClN2O2. The zero-order valence-corrected chi connectivity index (χ0v) is 9.27. The maximum absolute atomic E-state index is 10.7. The van der Waals surface area contributed by atoms with E-state index in [1.54, 1.807) is 10.6 Å². The van der Waals surface area contributed by atoms with E-state index in [9.17, 15) is 4.79 Å². The topological polar surface area (TPSA) is 55.1 Å².